The molecule has 2 heterocycles. The predicted molar refractivity (Wildman–Crippen MR) is 90.9 cm³/mol. The van der Waals surface area contributed by atoms with E-state index < -0.39 is 5.92 Å². The molecule has 8 nitrogen and oxygen atoms in total. The molecule has 0 aliphatic carbocycles. The highest BCUT2D eigenvalue weighted by Gasteiger charge is 2.34. The van der Waals surface area contributed by atoms with Gasteiger partial charge in [-0.05, 0) is 57.6 Å². The second kappa shape index (κ2) is 5.88. The van der Waals surface area contributed by atoms with E-state index in [0.717, 1.165) is 9.13 Å². The molecule has 0 fully saturated rings. The summed E-state index contributed by atoms with van der Waals surface area (Å²) >= 11 is 2.21. The van der Waals surface area contributed by atoms with Crippen LogP contribution in [0.25, 0.3) is 5.70 Å². The van der Waals surface area contributed by atoms with Gasteiger partial charge < -0.3 is 16.2 Å². The molecule has 0 spiro atoms. The third-order valence-corrected chi connectivity index (χ3v) is 4.15. The number of aromatic nitrogens is 4. The quantitative estimate of drug-likeness (QED) is 0.704. The lowest BCUT2D eigenvalue weighted by atomic mass is 9.87. The van der Waals surface area contributed by atoms with E-state index in [0.29, 0.717) is 17.0 Å². The van der Waals surface area contributed by atoms with Gasteiger partial charge in [0.05, 0.1) is 11.6 Å². The molecule has 116 valence electrons. The van der Waals surface area contributed by atoms with Gasteiger partial charge in [0.1, 0.15) is 17.4 Å². The fourth-order valence-corrected chi connectivity index (χ4v) is 3.09. The molecule has 1 aliphatic rings. The Balaban J connectivity index is 2.25. The van der Waals surface area contributed by atoms with Crippen molar-refractivity contribution >= 4 is 34.2 Å². The number of tetrazole rings is 1. The zero-order chi connectivity index (χ0) is 16.6. The number of hydrogen-bond donors (Lipinski definition) is 2. The van der Waals surface area contributed by atoms with Crippen molar-refractivity contribution in [2.24, 2.45) is 5.73 Å². The number of nitrogen functional groups attached to an aromatic ring is 1. The monoisotopic (exact) mass is 421 g/mol. The number of nitrogens with zero attached hydrogens (tertiary/aromatic N) is 5. The summed E-state index contributed by atoms with van der Waals surface area (Å²) in [5, 5.41) is 20.7. The minimum absolute atomic E-state index is 0.0734. The summed E-state index contributed by atoms with van der Waals surface area (Å²) in [6.45, 7) is 1.73. The second-order valence-electron chi connectivity index (χ2n) is 4.87. The zero-order valence-electron chi connectivity index (χ0n) is 12.1. The molecular formula is C14H12IN7O. The predicted octanol–water partition coefficient (Wildman–Crippen LogP) is 1.56. The van der Waals surface area contributed by atoms with Crippen LogP contribution in [0.15, 0.2) is 41.5 Å². The average Bonchev–Trinajstić information content (AvgIpc) is 2.92. The lowest BCUT2D eigenvalue weighted by molar-refractivity contribution is 0.287. The van der Waals surface area contributed by atoms with Crippen molar-refractivity contribution in [3.05, 3.63) is 50.6 Å². The van der Waals surface area contributed by atoms with Crippen LogP contribution in [0, 0.1) is 14.9 Å². The van der Waals surface area contributed by atoms with E-state index >= 15 is 0 Å². The number of halogens is 1. The highest BCUT2D eigenvalue weighted by molar-refractivity contribution is 14.1. The van der Waals surface area contributed by atoms with Crippen molar-refractivity contribution in [2.75, 3.05) is 5.73 Å². The number of ether oxygens (including phenoxy) is 1. The van der Waals surface area contributed by atoms with E-state index in [1.807, 2.05) is 24.3 Å². The number of nitrogens with two attached hydrogens (primary N) is 2. The molecule has 0 amide bonds. The van der Waals surface area contributed by atoms with Gasteiger partial charge in [-0.15, -0.1) is 0 Å². The molecule has 0 saturated carbocycles. The first-order chi connectivity index (χ1) is 11.0. The Morgan fingerprint density at radius 1 is 1.39 bits per heavy atom. The first kappa shape index (κ1) is 15.3. The molecule has 23 heavy (non-hydrogen) atoms. The van der Waals surface area contributed by atoms with Gasteiger partial charge in [0, 0.05) is 3.57 Å². The number of nitriles is 1. The first-order valence-electron chi connectivity index (χ1n) is 6.61. The van der Waals surface area contributed by atoms with E-state index in [-0.39, 0.29) is 11.8 Å². The Kier molecular flexibility index (Phi) is 3.91. The van der Waals surface area contributed by atoms with Gasteiger partial charge in [0.2, 0.25) is 11.8 Å². The number of anilines is 1. The SMILES string of the molecule is CC1=C(n2nnnc2N)C(c2cccc(I)c2)C(C#N)=C(N)O1. The lowest BCUT2D eigenvalue weighted by Crippen LogP contribution is -2.23. The van der Waals surface area contributed by atoms with Gasteiger partial charge in [-0.1, -0.05) is 17.2 Å². The number of hydrogen-bond acceptors (Lipinski definition) is 7. The lowest BCUT2D eigenvalue weighted by Gasteiger charge is -2.27. The molecule has 9 heteroatoms. The zero-order valence-corrected chi connectivity index (χ0v) is 14.2. The molecule has 1 aromatic heterocycles. The Bertz CT molecular complexity index is 877. The summed E-state index contributed by atoms with van der Waals surface area (Å²) in [6, 6.07) is 9.88. The molecule has 4 N–H and O–H groups in total. The molecule has 0 bridgehead atoms. The summed E-state index contributed by atoms with van der Waals surface area (Å²) < 4.78 is 7.90. The van der Waals surface area contributed by atoms with Crippen LogP contribution in [0.3, 0.4) is 0 Å². The van der Waals surface area contributed by atoms with Gasteiger partial charge in [-0.2, -0.15) is 9.94 Å². The summed E-state index contributed by atoms with van der Waals surface area (Å²) in [7, 11) is 0. The Labute approximate surface area is 145 Å². The number of rotatable bonds is 2. The van der Waals surface area contributed by atoms with Gasteiger partial charge in [0.15, 0.2) is 0 Å². The van der Waals surface area contributed by atoms with Crippen LogP contribution in [0.4, 0.5) is 5.95 Å². The highest BCUT2D eigenvalue weighted by Crippen LogP contribution is 2.41. The summed E-state index contributed by atoms with van der Waals surface area (Å²) in [5.41, 5.74) is 13.5. The van der Waals surface area contributed by atoms with E-state index in [2.05, 4.69) is 44.2 Å². The van der Waals surface area contributed by atoms with Gasteiger partial charge in [-0.3, -0.25) is 0 Å². The summed E-state index contributed by atoms with van der Waals surface area (Å²) in [4.78, 5) is 0. The Morgan fingerprint density at radius 3 is 2.78 bits per heavy atom. The van der Waals surface area contributed by atoms with Crippen molar-refractivity contribution in [3.63, 3.8) is 0 Å². The summed E-state index contributed by atoms with van der Waals surface area (Å²) in [5.74, 6) is 0.208. The van der Waals surface area contributed by atoms with Crippen LogP contribution in [0.2, 0.25) is 0 Å². The Hall–Kier alpha value is -2.61. The van der Waals surface area contributed by atoms with Crippen molar-refractivity contribution < 1.29 is 4.74 Å². The van der Waals surface area contributed by atoms with E-state index in [4.69, 9.17) is 16.2 Å². The topological polar surface area (TPSA) is 129 Å². The summed E-state index contributed by atoms with van der Waals surface area (Å²) in [6.07, 6.45) is 0. The van der Waals surface area contributed by atoms with Crippen molar-refractivity contribution in [2.45, 2.75) is 12.8 Å². The van der Waals surface area contributed by atoms with Crippen LogP contribution >= 0.6 is 22.6 Å². The molecule has 0 radical (unpaired) electrons. The third-order valence-electron chi connectivity index (χ3n) is 3.48. The maximum absolute atomic E-state index is 9.55. The first-order valence-corrected chi connectivity index (χ1v) is 7.69. The van der Waals surface area contributed by atoms with Crippen molar-refractivity contribution in [3.8, 4) is 6.07 Å². The normalized spacial score (nSPS) is 17.9. The van der Waals surface area contributed by atoms with Crippen LogP contribution in [-0.4, -0.2) is 20.2 Å². The smallest absolute Gasteiger partial charge is 0.244 e. The van der Waals surface area contributed by atoms with E-state index in [9.17, 15) is 5.26 Å². The molecule has 0 saturated heterocycles. The number of benzene rings is 1. The molecule has 1 atom stereocenters. The number of allylic oxidation sites excluding steroid dienone is 3. The largest absolute Gasteiger partial charge is 0.443 e. The molecule has 2 aromatic rings. The molecule has 1 unspecified atom stereocenters. The average molecular weight is 421 g/mol. The van der Waals surface area contributed by atoms with Gasteiger partial charge in [-0.25, -0.2) is 0 Å². The maximum atomic E-state index is 9.55. The van der Waals surface area contributed by atoms with Gasteiger partial charge in [0.25, 0.3) is 0 Å². The van der Waals surface area contributed by atoms with Crippen LogP contribution in [-0.2, 0) is 4.74 Å². The minimum atomic E-state index is -0.464. The third kappa shape index (κ3) is 2.61. The standard InChI is InChI=1S/C14H12IN7O/c1-7-12(22-14(18)19-20-21-22)11(10(6-16)13(17)23-7)8-3-2-4-9(15)5-8/h2-5,11H,17H2,1H3,(H2,18,19,21). The minimum Gasteiger partial charge on any atom is -0.443 e. The molecule has 1 aliphatic heterocycles. The molecule has 1 aromatic carbocycles. The van der Waals surface area contributed by atoms with E-state index in [1.54, 1.807) is 6.92 Å². The fraction of sp³-hybridized carbons (Fsp3) is 0.143. The molecule has 3 rings (SSSR count). The van der Waals surface area contributed by atoms with Crippen molar-refractivity contribution in [1.29, 1.82) is 5.26 Å². The van der Waals surface area contributed by atoms with Crippen LogP contribution in [0.5, 0.6) is 0 Å². The Morgan fingerprint density at radius 2 is 2.17 bits per heavy atom. The van der Waals surface area contributed by atoms with E-state index in [1.165, 1.54) is 4.68 Å². The highest BCUT2D eigenvalue weighted by atomic mass is 127. The van der Waals surface area contributed by atoms with Gasteiger partial charge >= 0.3 is 0 Å². The van der Waals surface area contributed by atoms with Crippen molar-refractivity contribution in [1.82, 2.24) is 20.2 Å². The molecular weight excluding hydrogens is 409 g/mol. The van der Waals surface area contributed by atoms with Crippen LogP contribution < -0.4 is 11.5 Å². The fourth-order valence-electron chi connectivity index (χ4n) is 2.52. The van der Waals surface area contributed by atoms with Crippen LogP contribution in [0.1, 0.15) is 18.4 Å². The second-order valence-corrected chi connectivity index (χ2v) is 6.12. The maximum Gasteiger partial charge on any atom is 0.244 e.